The Kier molecular flexibility index (Phi) is 5.11. The molecule has 0 saturated carbocycles. The summed E-state index contributed by atoms with van der Waals surface area (Å²) in [6.07, 6.45) is 0.662. The average Bonchev–Trinajstić information content (AvgIpc) is 2.98. The number of carbonyl (C=O) groups is 1. The minimum atomic E-state index is -0.295. The fourth-order valence-corrected chi connectivity index (χ4v) is 3.32. The van der Waals surface area contributed by atoms with Crippen LogP contribution in [0.15, 0.2) is 52.1 Å². The van der Waals surface area contributed by atoms with Crippen molar-refractivity contribution in [2.24, 2.45) is 0 Å². The van der Waals surface area contributed by atoms with Gasteiger partial charge in [0.05, 0.1) is 5.25 Å². The van der Waals surface area contributed by atoms with Crippen molar-refractivity contribution in [3.05, 3.63) is 53.1 Å². The highest BCUT2D eigenvalue weighted by Crippen LogP contribution is 2.29. The quantitative estimate of drug-likeness (QED) is 0.627. The lowest BCUT2D eigenvalue weighted by Crippen LogP contribution is -2.25. The minimum Gasteiger partial charge on any atom is -0.431 e. The number of hydrogen-bond donors (Lipinski definition) is 1. The van der Waals surface area contributed by atoms with E-state index in [0.29, 0.717) is 16.7 Å². The lowest BCUT2D eigenvalue weighted by Gasteiger charge is -2.14. The SMILES string of the molecule is CCC(Sc1nc2ccccc2o1)C(=O)Nc1cc(Cl)ccc1C. The molecule has 3 aromatic rings. The topological polar surface area (TPSA) is 55.1 Å². The van der Waals surface area contributed by atoms with Gasteiger partial charge in [0.15, 0.2) is 5.58 Å². The number of rotatable bonds is 5. The molecule has 0 radical (unpaired) electrons. The number of carbonyl (C=O) groups excluding carboxylic acids is 1. The van der Waals surface area contributed by atoms with Gasteiger partial charge in [0, 0.05) is 10.7 Å². The van der Waals surface area contributed by atoms with Crippen molar-refractivity contribution >= 4 is 46.1 Å². The third-order valence-electron chi connectivity index (χ3n) is 3.64. The second-order valence-electron chi connectivity index (χ2n) is 5.41. The summed E-state index contributed by atoms with van der Waals surface area (Å²) in [5, 5.41) is 3.74. The number of thioether (sulfide) groups is 1. The van der Waals surface area contributed by atoms with Crippen molar-refractivity contribution < 1.29 is 9.21 Å². The predicted octanol–water partition coefficient (Wildman–Crippen LogP) is 5.30. The molecule has 4 nitrogen and oxygen atoms in total. The summed E-state index contributed by atoms with van der Waals surface area (Å²) in [6.45, 7) is 3.89. The van der Waals surface area contributed by atoms with Gasteiger partial charge < -0.3 is 9.73 Å². The normalized spacial score (nSPS) is 12.3. The van der Waals surface area contributed by atoms with E-state index in [-0.39, 0.29) is 11.2 Å². The summed E-state index contributed by atoms with van der Waals surface area (Å²) in [5.74, 6) is -0.0878. The highest BCUT2D eigenvalue weighted by Gasteiger charge is 2.21. The molecule has 1 aromatic heterocycles. The molecular weight excluding hydrogens is 344 g/mol. The molecule has 24 heavy (non-hydrogen) atoms. The monoisotopic (exact) mass is 360 g/mol. The lowest BCUT2D eigenvalue weighted by atomic mass is 10.2. The summed E-state index contributed by atoms with van der Waals surface area (Å²) in [5.41, 5.74) is 3.21. The molecule has 1 amide bonds. The van der Waals surface area contributed by atoms with Crippen LogP contribution in [0.5, 0.6) is 0 Å². The number of oxazole rings is 1. The summed E-state index contributed by atoms with van der Waals surface area (Å²) >= 11 is 7.34. The predicted molar refractivity (Wildman–Crippen MR) is 98.8 cm³/mol. The number of halogens is 1. The van der Waals surface area contributed by atoms with E-state index in [1.54, 1.807) is 12.1 Å². The van der Waals surface area contributed by atoms with E-state index in [4.69, 9.17) is 16.0 Å². The maximum Gasteiger partial charge on any atom is 0.257 e. The van der Waals surface area contributed by atoms with Gasteiger partial charge in [0.1, 0.15) is 5.52 Å². The fraction of sp³-hybridized carbons (Fsp3) is 0.222. The number of aryl methyl sites for hydroxylation is 1. The van der Waals surface area contributed by atoms with Gasteiger partial charge >= 0.3 is 0 Å². The first-order valence-corrected chi connectivity index (χ1v) is 8.92. The Hall–Kier alpha value is -1.98. The van der Waals surface area contributed by atoms with Crippen LogP contribution in [0.1, 0.15) is 18.9 Å². The number of hydrogen-bond acceptors (Lipinski definition) is 4. The molecule has 1 atom stereocenters. The molecule has 124 valence electrons. The number of para-hydroxylation sites is 2. The second-order valence-corrected chi connectivity index (χ2v) is 7.00. The lowest BCUT2D eigenvalue weighted by molar-refractivity contribution is -0.115. The van der Waals surface area contributed by atoms with E-state index in [0.717, 1.165) is 22.4 Å². The van der Waals surface area contributed by atoms with Crippen LogP contribution in [0.4, 0.5) is 5.69 Å². The van der Waals surface area contributed by atoms with Gasteiger partial charge in [-0.1, -0.05) is 48.5 Å². The molecule has 0 bridgehead atoms. The molecule has 0 aliphatic heterocycles. The number of benzene rings is 2. The Morgan fingerprint density at radius 2 is 2.12 bits per heavy atom. The summed E-state index contributed by atoms with van der Waals surface area (Å²) in [6, 6.07) is 13.0. The largest absolute Gasteiger partial charge is 0.431 e. The first-order chi connectivity index (χ1) is 11.6. The molecule has 0 aliphatic rings. The van der Waals surface area contributed by atoms with Gasteiger partial charge in [-0.3, -0.25) is 4.79 Å². The number of anilines is 1. The second kappa shape index (κ2) is 7.28. The smallest absolute Gasteiger partial charge is 0.257 e. The zero-order valence-corrected chi connectivity index (χ0v) is 14.9. The highest BCUT2D eigenvalue weighted by atomic mass is 35.5. The van der Waals surface area contributed by atoms with Crippen LogP contribution in [0.25, 0.3) is 11.1 Å². The number of amides is 1. The summed E-state index contributed by atoms with van der Waals surface area (Å²) < 4.78 is 5.69. The van der Waals surface area contributed by atoms with Crippen molar-refractivity contribution in [2.45, 2.75) is 30.7 Å². The first kappa shape index (κ1) is 16.9. The summed E-state index contributed by atoms with van der Waals surface area (Å²) in [4.78, 5) is 17.0. The van der Waals surface area contributed by atoms with Crippen LogP contribution in [0, 0.1) is 6.92 Å². The zero-order valence-electron chi connectivity index (χ0n) is 13.4. The summed E-state index contributed by atoms with van der Waals surface area (Å²) in [7, 11) is 0. The molecule has 1 unspecified atom stereocenters. The van der Waals surface area contributed by atoms with Crippen molar-refractivity contribution in [1.29, 1.82) is 0 Å². The molecule has 6 heteroatoms. The average molecular weight is 361 g/mol. The van der Waals surface area contributed by atoms with Gasteiger partial charge in [-0.2, -0.15) is 0 Å². The van der Waals surface area contributed by atoms with Gasteiger partial charge in [-0.15, -0.1) is 0 Å². The van der Waals surface area contributed by atoms with Crippen molar-refractivity contribution in [1.82, 2.24) is 4.98 Å². The van der Waals surface area contributed by atoms with E-state index in [9.17, 15) is 4.79 Å². The van der Waals surface area contributed by atoms with Gasteiger partial charge in [0.2, 0.25) is 5.91 Å². The molecule has 0 fully saturated rings. The molecule has 0 saturated heterocycles. The van der Waals surface area contributed by atoms with Crippen molar-refractivity contribution in [3.63, 3.8) is 0 Å². The molecule has 0 aliphatic carbocycles. The number of aromatic nitrogens is 1. The third-order valence-corrected chi connectivity index (χ3v) is 5.08. The number of nitrogens with one attached hydrogen (secondary N) is 1. The molecule has 1 N–H and O–H groups in total. The van der Waals surface area contributed by atoms with Crippen LogP contribution >= 0.6 is 23.4 Å². The van der Waals surface area contributed by atoms with Crippen LogP contribution in [0.3, 0.4) is 0 Å². The Balaban J connectivity index is 1.75. The number of fused-ring (bicyclic) bond motifs is 1. The van der Waals surface area contributed by atoms with Crippen LogP contribution in [0.2, 0.25) is 5.02 Å². The molecule has 1 heterocycles. The van der Waals surface area contributed by atoms with Crippen molar-refractivity contribution in [2.75, 3.05) is 5.32 Å². The van der Waals surface area contributed by atoms with Gasteiger partial charge in [0.25, 0.3) is 5.22 Å². The van der Waals surface area contributed by atoms with E-state index < -0.39 is 0 Å². The van der Waals surface area contributed by atoms with E-state index in [2.05, 4.69) is 10.3 Å². The van der Waals surface area contributed by atoms with E-state index in [1.165, 1.54) is 11.8 Å². The Labute approximate surface area is 149 Å². The maximum absolute atomic E-state index is 12.6. The van der Waals surface area contributed by atoms with E-state index in [1.807, 2.05) is 44.2 Å². The first-order valence-electron chi connectivity index (χ1n) is 7.66. The maximum atomic E-state index is 12.6. The van der Waals surface area contributed by atoms with Gasteiger partial charge in [-0.05, 0) is 43.2 Å². The molecule has 3 rings (SSSR count). The Morgan fingerprint density at radius 1 is 1.33 bits per heavy atom. The van der Waals surface area contributed by atoms with Crippen molar-refractivity contribution in [3.8, 4) is 0 Å². The zero-order chi connectivity index (χ0) is 17.1. The Bertz CT molecular complexity index is 845. The Morgan fingerprint density at radius 3 is 2.88 bits per heavy atom. The van der Waals surface area contributed by atoms with Crippen LogP contribution in [-0.4, -0.2) is 16.1 Å². The van der Waals surface area contributed by atoms with Crippen LogP contribution < -0.4 is 5.32 Å². The van der Waals surface area contributed by atoms with Gasteiger partial charge in [-0.25, -0.2) is 4.98 Å². The standard InChI is InChI=1S/C18H17ClN2O2S/c1-3-16(17(22)20-14-10-12(19)9-8-11(14)2)24-18-21-13-6-4-5-7-15(13)23-18/h4-10,16H,3H2,1-2H3,(H,20,22). The highest BCUT2D eigenvalue weighted by molar-refractivity contribution is 8.00. The molecule has 0 spiro atoms. The fourth-order valence-electron chi connectivity index (χ4n) is 2.29. The van der Waals surface area contributed by atoms with Crippen LogP contribution in [-0.2, 0) is 4.79 Å². The molecule has 2 aromatic carbocycles. The minimum absolute atomic E-state index is 0.0878. The third kappa shape index (κ3) is 3.74. The molecular formula is C18H17ClN2O2S. The van der Waals surface area contributed by atoms with E-state index >= 15 is 0 Å². The number of nitrogens with zero attached hydrogens (tertiary/aromatic N) is 1.